The number of nitrogens with one attached hydrogen (secondary N) is 1. The van der Waals surface area contributed by atoms with Crippen LogP contribution in [0.15, 0.2) is 60.7 Å². The standard InChI is InChI=1S/C17H19NO3Si/c1-3-21-22(18-2,16(19)14-10-6-4-7-11-14)17(20)15-12-8-5-9-13-15/h4-13,18H,3H2,1-2H3. The molecule has 0 amide bonds. The molecule has 1 N–H and O–H groups in total. The Morgan fingerprint density at radius 2 is 1.32 bits per heavy atom. The van der Waals surface area contributed by atoms with Crippen molar-refractivity contribution in [2.45, 2.75) is 6.92 Å². The summed E-state index contributed by atoms with van der Waals surface area (Å²) >= 11 is 0. The van der Waals surface area contributed by atoms with Crippen molar-refractivity contribution in [1.29, 1.82) is 0 Å². The lowest BCUT2D eigenvalue weighted by molar-refractivity contribution is 0.0958. The van der Waals surface area contributed by atoms with Crippen molar-refractivity contribution in [1.82, 2.24) is 4.98 Å². The number of benzene rings is 2. The molecule has 0 atom stereocenters. The molecule has 0 unspecified atom stereocenters. The number of rotatable bonds is 7. The summed E-state index contributed by atoms with van der Waals surface area (Å²) in [6, 6.07) is 17.6. The van der Waals surface area contributed by atoms with Gasteiger partial charge in [0, 0.05) is 17.7 Å². The predicted octanol–water partition coefficient (Wildman–Crippen LogP) is 2.53. The molecule has 0 aliphatic heterocycles. The molecule has 0 saturated carbocycles. The fraction of sp³-hybridized carbons (Fsp3) is 0.176. The summed E-state index contributed by atoms with van der Waals surface area (Å²) in [5, 5.41) is -0.516. The summed E-state index contributed by atoms with van der Waals surface area (Å²) < 4.78 is 5.74. The summed E-state index contributed by atoms with van der Waals surface area (Å²) in [5.41, 5.74) is 0.975. The maximum atomic E-state index is 13.0. The van der Waals surface area contributed by atoms with Crippen molar-refractivity contribution >= 4 is 19.3 Å². The van der Waals surface area contributed by atoms with Crippen LogP contribution in [0.5, 0.6) is 0 Å². The van der Waals surface area contributed by atoms with Crippen LogP contribution in [0.3, 0.4) is 0 Å². The van der Waals surface area contributed by atoms with Crippen molar-refractivity contribution in [3.05, 3.63) is 71.8 Å². The molecule has 0 saturated heterocycles. The molecule has 2 aromatic carbocycles. The van der Waals surface area contributed by atoms with E-state index in [0.29, 0.717) is 17.7 Å². The van der Waals surface area contributed by atoms with Crippen molar-refractivity contribution in [2.75, 3.05) is 13.7 Å². The van der Waals surface area contributed by atoms with E-state index in [1.807, 2.05) is 12.1 Å². The van der Waals surface area contributed by atoms with Gasteiger partial charge in [-0.3, -0.25) is 9.59 Å². The Labute approximate surface area is 131 Å². The van der Waals surface area contributed by atoms with Gasteiger partial charge in [0.15, 0.2) is 10.8 Å². The minimum absolute atomic E-state index is 0.258. The minimum atomic E-state index is -3.49. The van der Waals surface area contributed by atoms with Crippen molar-refractivity contribution < 1.29 is 14.0 Å². The third-order valence-electron chi connectivity index (χ3n) is 3.42. The van der Waals surface area contributed by atoms with Gasteiger partial charge in [0.25, 0.3) is 0 Å². The average Bonchev–Trinajstić information content (AvgIpc) is 2.60. The van der Waals surface area contributed by atoms with E-state index in [0.717, 1.165) is 0 Å². The minimum Gasteiger partial charge on any atom is -0.393 e. The summed E-state index contributed by atoms with van der Waals surface area (Å²) in [7, 11) is -1.87. The molecule has 0 radical (unpaired) electrons. The highest BCUT2D eigenvalue weighted by Crippen LogP contribution is 2.17. The first-order valence-corrected chi connectivity index (χ1v) is 9.09. The maximum Gasteiger partial charge on any atom is 0.422 e. The Bertz CT molecular complexity index is 592. The van der Waals surface area contributed by atoms with Gasteiger partial charge in [-0.05, 0) is 14.0 Å². The van der Waals surface area contributed by atoms with Crippen LogP contribution in [0.2, 0.25) is 0 Å². The molecule has 0 fully saturated rings. The second kappa shape index (κ2) is 7.26. The Kier molecular flexibility index (Phi) is 5.38. The van der Waals surface area contributed by atoms with Crippen LogP contribution in [0.4, 0.5) is 0 Å². The van der Waals surface area contributed by atoms with E-state index < -0.39 is 8.48 Å². The predicted molar refractivity (Wildman–Crippen MR) is 88.0 cm³/mol. The smallest absolute Gasteiger partial charge is 0.393 e. The highest BCUT2D eigenvalue weighted by molar-refractivity contribution is 7.22. The van der Waals surface area contributed by atoms with Gasteiger partial charge in [0.05, 0.1) is 0 Å². The van der Waals surface area contributed by atoms with Crippen LogP contribution < -0.4 is 4.98 Å². The zero-order valence-electron chi connectivity index (χ0n) is 12.7. The van der Waals surface area contributed by atoms with Gasteiger partial charge in [-0.1, -0.05) is 60.7 Å². The van der Waals surface area contributed by atoms with Crippen LogP contribution in [-0.4, -0.2) is 32.9 Å². The largest absolute Gasteiger partial charge is 0.422 e. The Morgan fingerprint density at radius 3 is 1.64 bits per heavy atom. The SMILES string of the molecule is CCO[Si](NC)(C(=O)c1ccccc1)C(=O)c1ccccc1. The van der Waals surface area contributed by atoms with Crippen molar-refractivity contribution in [2.24, 2.45) is 0 Å². The van der Waals surface area contributed by atoms with Crippen molar-refractivity contribution in [3.63, 3.8) is 0 Å². The first-order chi connectivity index (χ1) is 10.7. The van der Waals surface area contributed by atoms with E-state index in [-0.39, 0.29) is 10.8 Å². The Hall–Kier alpha value is -2.08. The fourth-order valence-electron chi connectivity index (χ4n) is 2.34. The molecule has 4 nitrogen and oxygen atoms in total. The molecule has 22 heavy (non-hydrogen) atoms. The summed E-state index contributed by atoms with van der Waals surface area (Å²) in [4.78, 5) is 28.8. The highest BCUT2D eigenvalue weighted by atomic mass is 28.4. The van der Waals surface area contributed by atoms with Crippen LogP contribution >= 0.6 is 0 Å². The molecule has 0 bridgehead atoms. The summed E-state index contributed by atoms with van der Waals surface area (Å²) in [5.74, 6) is 0. The van der Waals surface area contributed by atoms with Crippen LogP contribution in [0.25, 0.3) is 0 Å². The number of carbonyl (C=O) groups excluding carboxylic acids is 2. The zero-order valence-corrected chi connectivity index (χ0v) is 13.7. The van der Waals surface area contributed by atoms with Gasteiger partial charge >= 0.3 is 8.48 Å². The average molecular weight is 313 g/mol. The first-order valence-electron chi connectivity index (χ1n) is 7.18. The third-order valence-corrected chi connectivity index (χ3v) is 6.71. The van der Waals surface area contributed by atoms with Gasteiger partial charge in [-0.15, -0.1) is 0 Å². The third kappa shape index (κ3) is 3.06. The topological polar surface area (TPSA) is 55.4 Å². The summed E-state index contributed by atoms with van der Waals surface area (Å²) in [6.07, 6.45) is 0. The second-order valence-corrected chi connectivity index (χ2v) is 7.81. The normalized spacial score (nSPS) is 11.2. The lowest BCUT2D eigenvalue weighted by Gasteiger charge is -2.27. The second-order valence-electron chi connectivity index (χ2n) is 4.75. The molecular weight excluding hydrogens is 294 g/mol. The molecule has 114 valence electrons. The molecule has 0 aliphatic carbocycles. The molecule has 5 heteroatoms. The van der Waals surface area contributed by atoms with E-state index in [4.69, 9.17) is 4.43 Å². The van der Waals surface area contributed by atoms with Crippen LogP contribution in [0.1, 0.15) is 27.6 Å². The molecule has 2 rings (SSSR count). The highest BCUT2D eigenvalue weighted by Gasteiger charge is 2.51. The zero-order chi connectivity index (χ0) is 16.0. The van der Waals surface area contributed by atoms with E-state index in [9.17, 15) is 9.59 Å². The van der Waals surface area contributed by atoms with E-state index in [2.05, 4.69) is 4.98 Å². The number of carbonyl (C=O) groups is 2. The van der Waals surface area contributed by atoms with E-state index >= 15 is 0 Å². The lowest BCUT2D eigenvalue weighted by Crippen LogP contribution is -2.65. The fourth-order valence-corrected chi connectivity index (χ4v) is 4.98. The van der Waals surface area contributed by atoms with Gasteiger partial charge < -0.3 is 9.41 Å². The Morgan fingerprint density at radius 1 is 0.909 bits per heavy atom. The monoisotopic (exact) mass is 313 g/mol. The molecule has 2 aromatic rings. The van der Waals surface area contributed by atoms with Crippen molar-refractivity contribution in [3.8, 4) is 0 Å². The molecule has 0 aliphatic rings. The van der Waals surface area contributed by atoms with E-state index in [1.54, 1.807) is 62.5 Å². The van der Waals surface area contributed by atoms with Gasteiger partial charge in [-0.25, -0.2) is 0 Å². The van der Waals surface area contributed by atoms with Gasteiger partial charge in [0.1, 0.15) is 0 Å². The van der Waals surface area contributed by atoms with Gasteiger partial charge in [-0.2, -0.15) is 0 Å². The van der Waals surface area contributed by atoms with Crippen LogP contribution in [-0.2, 0) is 4.43 Å². The number of hydrogen-bond donors (Lipinski definition) is 1. The van der Waals surface area contributed by atoms with Gasteiger partial charge in [0.2, 0.25) is 0 Å². The molecule has 0 heterocycles. The van der Waals surface area contributed by atoms with Crippen LogP contribution in [0, 0.1) is 0 Å². The molecule has 0 spiro atoms. The quantitative estimate of drug-likeness (QED) is 0.798. The molecule has 0 aromatic heterocycles. The maximum absolute atomic E-state index is 13.0. The Balaban J connectivity index is 2.48. The number of hydrogen-bond acceptors (Lipinski definition) is 4. The first kappa shape index (κ1) is 16.3. The summed E-state index contributed by atoms with van der Waals surface area (Å²) in [6.45, 7) is 2.08. The lowest BCUT2D eigenvalue weighted by atomic mass is 10.2. The molecular formula is C17H19NO3Si. The van der Waals surface area contributed by atoms with E-state index in [1.165, 1.54) is 0 Å².